The first kappa shape index (κ1) is 25.3. The van der Waals surface area contributed by atoms with Crippen LogP contribution in [0.1, 0.15) is 45.2 Å². The Hall–Kier alpha value is -4.77. The van der Waals surface area contributed by atoms with Crippen molar-refractivity contribution >= 4 is 34.4 Å². The van der Waals surface area contributed by atoms with E-state index in [4.69, 9.17) is 10.00 Å². The molecule has 0 bridgehead atoms. The molecule has 0 saturated carbocycles. The Balaban J connectivity index is 1.62. The van der Waals surface area contributed by atoms with Gasteiger partial charge in [-0.2, -0.15) is 5.26 Å². The fraction of sp³-hybridized carbons (Fsp3) is 0.207. The number of rotatable bonds is 9. The van der Waals surface area contributed by atoms with E-state index < -0.39 is 11.9 Å². The van der Waals surface area contributed by atoms with Gasteiger partial charge in [0, 0.05) is 47.9 Å². The summed E-state index contributed by atoms with van der Waals surface area (Å²) in [5.74, 6) is -0.686. The maximum atomic E-state index is 13.5. The van der Waals surface area contributed by atoms with Crippen molar-refractivity contribution in [2.45, 2.75) is 19.8 Å². The van der Waals surface area contributed by atoms with Gasteiger partial charge in [0.2, 0.25) is 0 Å². The molecular formula is C29H26N4O4. The molecule has 0 aliphatic heterocycles. The Morgan fingerprint density at radius 3 is 2.54 bits per heavy atom. The fourth-order valence-electron chi connectivity index (χ4n) is 4.15. The number of pyridine rings is 1. The predicted molar refractivity (Wildman–Crippen MR) is 139 cm³/mol. The van der Waals surface area contributed by atoms with Gasteiger partial charge in [-0.3, -0.25) is 19.3 Å². The third kappa shape index (κ3) is 5.73. The topological polar surface area (TPSA) is 105 Å². The van der Waals surface area contributed by atoms with Gasteiger partial charge in [-0.25, -0.2) is 4.98 Å². The summed E-state index contributed by atoms with van der Waals surface area (Å²) < 4.78 is 6.91. The van der Waals surface area contributed by atoms with Gasteiger partial charge in [0.15, 0.2) is 5.78 Å². The van der Waals surface area contributed by atoms with Gasteiger partial charge in [-0.1, -0.05) is 18.2 Å². The van der Waals surface area contributed by atoms with Crippen LogP contribution in [0.3, 0.4) is 0 Å². The Bertz CT molecular complexity index is 1480. The van der Waals surface area contributed by atoms with E-state index in [0.29, 0.717) is 34.3 Å². The summed E-state index contributed by atoms with van der Waals surface area (Å²) in [4.78, 5) is 44.5. The number of anilines is 1. The summed E-state index contributed by atoms with van der Waals surface area (Å²) in [5, 5.41) is 9.63. The fourth-order valence-corrected chi connectivity index (χ4v) is 4.15. The van der Waals surface area contributed by atoms with Crippen LogP contribution in [-0.2, 0) is 23.0 Å². The molecule has 0 saturated heterocycles. The second-order valence-corrected chi connectivity index (χ2v) is 8.50. The number of carbonyl (C=O) groups is 3. The number of esters is 1. The van der Waals surface area contributed by atoms with Gasteiger partial charge >= 0.3 is 5.97 Å². The number of ether oxygens (including phenoxy) is 1. The van der Waals surface area contributed by atoms with Gasteiger partial charge < -0.3 is 9.30 Å². The lowest BCUT2D eigenvalue weighted by atomic mass is 10.0. The van der Waals surface area contributed by atoms with Crippen LogP contribution in [0.5, 0.6) is 0 Å². The summed E-state index contributed by atoms with van der Waals surface area (Å²) >= 11 is 0. The average molecular weight is 495 g/mol. The monoisotopic (exact) mass is 494 g/mol. The summed E-state index contributed by atoms with van der Waals surface area (Å²) in [6.45, 7) is 1.62. The minimum absolute atomic E-state index is 0.0485. The third-order valence-corrected chi connectivity index (χ3v) is 6.02. The molecule has 2 aromatic heterocycles. The summed E-state index contributed by atoms with van der Waals surface area (Å²) in [6, 6.07) is 19.5. The molecule has 2 aromatic carbocycles. The average Bonchev–Trinajstić information content (AvgIpc) is 3.26. The molecule has 0 N–H and O–H groups in total. The van der Waals surface area contributed by atoms with E-state index >= 15 is 0 Å². The molecule has 2 heterocycles. The molecule has 1 amide bonds. The number of aryl methyl sites for hydroxylation is 2. The normalized spacial score (nSPS) is 10.6. The molecule has 4 rings (SSSR count). The molecule has 0 aliphatic rings. The lowest BCUT2D eigenvalue weighted by Gasteiger charge is -2.21. The highest BCUT2D eigenvalue weighted by atomic mass is 16.5. The van der Waals surface area contributed by atoms with Crippen molar-refractivity contribution in [2.24, 2.45) is 7.05 Å². The van der Waals surface area contributed by atoms with Crippen LogP contribution in [0.25, 0.3) is 10.9 Å². The zero-order chi connectivity index (χ0) is 26.4. The molecule has 0 unspecified atom stereocenters. The van der Waals surface area contributed by atoms with Crippen molar-refractivity contribution in [2.75, 3.05) is 18.1 Å². The van der Waals surface area contributed by atoms with E-state index in [-0.39, 0.29) is 25.4 Å². The van der Waals surface area contributed by atoms with Crippen LogP contribution < -0.4 is 4.90 Å². The highest BCUT2D eigenvalue weighted by Gasteiger charge is 2.24. The van der Waals surface area contributed by atoms with Crippen LogP contribution >= 0.6 is 0 Å². The second-order valence-electron chi connectivity index (χ2n) is 8.50. The molecule has 8 nitrogen and oxygen atoms in total. The predicted octanol–water partition coefficient (Wildman–Crippen LogP) is 4.47. The minimum atomic E-state index is -0.541. The molecule has 8 heteroatoms. The first-order chi connectivity index (χ1) is 17.9. The summed E-state index contributed by atoms with van der Waals surface area (Å²) in [7, 11) is 1.85. The first-order valence-electron chi connectivity index (χ1n) is 11.9. The van der Waals surface area contributed by atoms with Gasteiger partial charge in [0.1, 0.15) is 12.4 Å². The zero-order valence-corrected chi connectivity index (χ0v) is 20.7. The van der Waals surface area contributed by atoms with Crippen LogP contribution in [0.15, 0.2) is 73.1 Å². The van der Waals surface area contributed by atoms with Gasteiger partial charge in [-0.05, 0) is 61.4 Å². The number of benzene rings is 2. The van der Waals surface area contributed by atoms with E-state index in [0.717, 1.165) is 11.1 Å². The van der Waals surface area contributed by atoms with E-state index in [2.05, 4.69) is 11.1 Å². The van der Waals surface area contributed by atoms with E-state index in [1.165, 1.54) is 4.90 Å². The number of Topliss-reactive ketones (excluding diaryl/α,β-unsaturated/α-hetero) is 1. The van der Waals surface area contributed by atoms with Crippen molar-refractivity contribution < 1.29 is 19.1 Å². The van der Waals surface area contributed by atoms with Gasteiger partial charge in [0.05, 0.1) is 18.2 Å². The third-order valence-electron chi connectivity index (χ3n) is 6.02. The Morgan fingerprint density at radius 1 is 1.08 bits per heavy atom. The van der Waals surface area contributed by atoms with Crippen molar-refractivity contribution in [1.82, 2.24) is 9.55 Å². The number of fused-ring (bicyclic) bond motifs is 1. The van der Waals surface area contributed by atoms with Crippen molar-refractivity contribution in [3.05, 3.63) is 95.3 Å². The first-order valence-corrected chi connectivity index (χ1v) is 11.9. The number of nitriles is 1. The molecule has 37 heavy (non-hydrogen) atoms. The number of hydrogen-bond acceptors (Lipinski definition) is 6. The molecule has 0 aliphatic carbocycles. The number of ketones is 1. The van der Waals surface area contributed by atoms with Crippen molar-refractivity contribution in [3.8, 4) is 6.07 Å². The smallest absolute Gasteiger partial charge is 0.326 e. The Kier molecular flexibility index (Phi) is 7.74. The Morgan fingerprint density at radius 2 is 1.86 bits per heavy atom. The van der Waals surface area contributed by atoms with Crippen molar-refractivity contribution in [1.29, 1.82) is 5.26 Å². The molecule has 186 valence electrons. The van der Waals surface area contributed by atoms with Gasteiger partial charge in [0.25, 0.3) is 5.91 Å². The maximum absolute atomic E-state index is 13.5. The standard InChI is InChI=1S/C29H26N4O4/c1-3-37-28(35)19-33(27-6-4-5-15-31-27)29(36)22-12-13-25-23(16-22)24(18-32(25)2)26(34)14-11-20-7-9-21(17-30)10-8-20/h4-10,12-13,15-16,18H,3,11,14,19H2,1-2H3. The van der Waals surface area contributed by atoms with E-state index in [1.807, 2.05) is 23.7 Å². The van der Waals surface area contributed by atoms with Crippen LogP contribution in [-0.4, -0.2) is 40.4 Å². The molecule has 0 radical (unpaired) electrons. The number of carbonyl (C=O) groups excluding carboxylic acids is 3. The second kappa shape index (κ2) is 11.3. The highest BCUT2D eigenvalue weighted by molar-refractivity contribution is 6.13. The summed E-state index contributed by atoms with van der Waals surface area (Å²) in [5.41, 5.74) is 3.20. The largest absolute Gasteiger partial charge is 0.465 e. The van der Waals surface area contributed by atoms with Crippen LogP contribution in [0, 0.1) is 11.3 Å². The number of nitrogens with zero attached hydrogens (tertiary/aromatic N) is 4. The molecule has 4 aromatic rings. The highest BCUT2D eigenvalue weighted by Crippen LogP contribution is 2.25. The van der Waals surface area contributed by atoms with Gasteiger partial charge in [-0.15, -0.1) is 0 Å². The van der Waals surface area contributed by atoms with Crippen LogP contribution in [0.4, 0.5) is 5.82 Å². The number of hydrogen-bond donors (Lipinski definition) is 0. The van der Waals surface area contributed by atoms with E-state index in [9.17, 15) is 14.4 Å². The number of amides is 1. The lowest BCUT2D eigenvalue weighted by molar-refractivity contribution is -0.141. The molecular weight excluding hydrogens is 468 g/mol. The SMILES string of the molecule is CCOC(=O)CN(C(=O)c1ccc2c(c1)c(C(=O)CCc1ccc(C#N)cc1)cn2C)c1ccccn1. The molecule has 0 fully saturated rings. The minimum Gasteiger partial charge on any atom is -0.465 e. The summed E-state index contributed by atoms with van der Waals surface area (Å²) in [6.07, 6.45) is 4.14. The van der Waals surface area contributed by atoms with E-state index in [1.54, 1.807) is 67.8 Å². The molecule has 0 atom stereocenters. The zero-order valence-electron chi connectivity index (χ0n) is 20.7. The van der Waals surface area contributed by atoms with Crippen molar-refractivity contribution in [3.63, 3.8) is 0 Å². The lowest BCUT2D eigenvalue weighted by Crippen LogP contribution is -2.37. The molecule has 0 spiro atoms. The quantitative estimate of drug-likeness (QED) is 0.251. The Labute approximate surface area is 214 Å². The number of aromatic nitrogens is 2. The maximum Gasteiger partial charge on any atom is 0.326 e. The van der Waals surface area contributed by atoms with Crippen LogP contribution in [0.2, 0.25) is 0 Å².